The summed E-state index contributed by atoms with van der Waals surface area (Å²) >= 11 is 0. The van der Waals surface area contributed by atoms with Crippen LogP contribution in [-0.2, 0) is 9.53 Å². The van der Waals surface area contributed by atoms with Gasteiger partial charge < -0.3 is 10.1 Å². The molecule has 0 heterocycles. The van der Waals surface area contributed by atoms with E-state index in [4.69, 9.17) is 5.41 Å². The molecule has 0 aliphatic heterocycles. The highest BCUT2D eigenvalue weighted by atomic mass is 16.5. The van der Waals surface area contributed by atoms with Crippen LogP contribution in [0.1, 0.15) is 13.3 Å². The van der Waals surface area contributed by atoms with Gasteiger partial charge in [0, 0.05) is 5.71 Å². The number of methoxy groups -OCH3 is 1. The Morgan fingerprint density at radius 1 is 1.70 bits per heavy atom. The van der Waals surface area contributed by atoms with Crippen molar-refractivity contribution in [1.82, 2.24) is 0 Å². The SMILES string of the molecule is C=C(CC(=O)OC)C(C)=N. The minimum absolute atomic E-state index is 0.117. The van der Waals surface area contributed by atoms with Crippen LogP contribution in [0.2, 0.25) is 0 Å². The summed E-state index contributed by atoms with van der Waals surface area (Å²) < 4.78 is 4.37. The van der Waals surface area contributed by atoms with Crippen molar-refractivity contribution in [3.05, 3.63) is 12.2 Å². The molecule has 56 valence electrons. The first-order valence-corrected chi connectivity index (χ1v) is 2.88. The second kappa shape index (κ2) is 3.82. The molecule has 0 aromatic rings. The number of esters is 1. The molecule has 0 bridgehead atoms. The molecular weight excluding hydrogens is 130 g/mol. The lowest BCUT2D eigenvalue weighted by molar-refractivity contribution is -0.139. The molecule has 0 aromatic heterocycles. The molecule has 0 radical (unpaired) electrons. The molecule has 0 saturated heterocycles. The molecule has 0 aliphatic carbocycles. The summed E-state index contributed by atoms with van der Waals surface area (Å²) in [5.74, 6) is -0.350. The van der Waals surface area contributed by atoms with Crippen LogP contribution in [0.15, 0.2) is 12.2 Å². The summed E-state index contributed by atoms with van der Waals surface area (Å²) in [5, 5.41) is 7.06. The van der Waals surface area contributed by atoms with Crippen molar-refractivity contribution in [1.29, 1.82) is 5.41 Å². The molecule has 1 N–H and O–H groups in total. The predicted octanol–water partition coefficient (Wildman–Crippen LogP) is 1.15. The van der Waals surface area contributed by atoms with E-state index in [9.17, 15) is 4.79 Å². The van der Waals surface area contributed by atoms with Crippen LogP contribution < -0.4 is 0 Å². The summed E-state index contributed by atoms with van der Waals surface area (Å²) in [6.07, 6.45) is 0.117. The maximum Gasteiger partial charge on any atom is 0.310 e. The highest BCUT2D eigenvalue weighted by Gasteiger charge is 2.03. The van der Waals surface area contributed by atoms with E-state index in [0.717, 1.165) is 0 Å². The zero-order valence-corrected chi connectivity index (χ0v) is 6.23. The molecule has 0 saturated carbocycles. The quantitative estimate of drug-likeness (QED) is 0.473. The molecule has 0 aromatic carbocycles. The number of carbonyl (C=O) groups is 1. The summed E-state index contributed by atoms with van der Waals surface area (Å²) in [7, 11) is 1.31. The zero-order valence-electron chi connectivity index (χ0n) is 6.23. The van der Waals surface area contributed by atoms with Gasteiger partial charge in [0.2, 0.25) is 0 Å². The van der Waals surface area contributed by atoms with E-state index in [1.807, 2.05) is 0 Å². The number of hydrogen-bond donors (Lipinski definition) is 1. The van der Waals surface area contributed by atoms with Crippen molar-refractivity contribution >= 4 is 11.7 Å². The Morgan fingerprint density at radius 3 is 2.50 bits per heavy atom. The van der Waals surface area contributed by atoms with E-state index in [1.165, 1.54) is 7.11 Å². The van der Waals surface area contributed by atoms with Crippen molar-refractivity contribution in [3.63, 3.8) is 0 Å². The maximum atomic E-state index is 10.5. The average molecular weight is 141 g/mol. The second-order valence-corrected chi connectivity index (χ2v) is 1.98. The monoisotopic (exact) mass is 141 g/mol. The minimum atomic E-state index is -0.350. The van der Waals surface area contributed by atoms with Crippen LogP contribution in [0.5, 0.6) is 0 Å². The van der Waals surface area contributed by atoms with Gasteiger partial charge in [0.25, 0.3) is 0 Å². The standard InChI is InChI=1S/C7H11NO2/c1-5(6(2)8)4-7(9)10-3/h8H,1,4H2,2-3H3. The maximum absolute atomic E-state index is 10.5. The van der Waals surface area contributed by atoms with Crippen LogP contribution in [0.25, 0.3) is 0 Å². The summed E-state index contributed by atoms with van der Waals surface area (Å²) in [6, 6.07) is 0. The molecule has 3 heteroatoms. The lowest BCUT2D eigenvalue weighted by atomic mass is 10.1. The number of hydrogen-bond acceptors (Lipinski definition) is 3. The fourth-order valence-corrected chi connectivity index (χ4v) is 0.379. The fourth-order valence-electron chi connectivity index (χ4n) is 0.379. The highest BCUT2D eigenvalue weighted by molar-refractivity contribution is 5.98. The van der Waals surface area contributed by atoms with Gasteiger partial charge in [-0.25, -0.2) is 0 Å². The summed E-state index contributed by atoms with van der Waals surface area (Å²) in [4.78, 5) is 10.5. The van der Waals surface area contributed by atoms with Crippen molar-refractivity contribution in [2.75, 3.05) is 7.11 Å². The summed E-state index contributed by atoms with van der Waals surface area (Å²) in [5.41, 5.74) is 0.831. The largest absolute Gasteiger partial charge is 0.469 e. The van der Waals surface area contributed by atoms with Gasteiger partial charge in [-0.2, -0.15) is 0 Å². The number of nitrogens with one attached hydrogen (secondary N) is 1. The third-order valence-corrected chi connectivity index (χ3v) is 1.12. The Bertz CT molecular complexity index is 172. The fraction of sp³-hybridized carbons (Fsp3) is 0.429. The van der Waals surface area contributed by atoms with Gasteiger partial charge in [0.05, 0.1) is 13.5 Å². The van der Waals surface area contributed by atoms with Gasteiger partial charge in [0.1, 0.15) is 0 Å². The van der Waals surface area contributed by atoms with Crippen LogP contribution in [-0.4, -0.2) is 18.8 Å². The van der Waals surface area contributed by atoms with Gasteiger partial charge in [-0.05, 0) is 12.5 Å². The Kier molecular flexibility index (Phi) is 3.39. The Labute approximate surface area is 60.2 Å². The molecule has 0 atom stereocenters. The first-order chi connectivity index (χ1) is 4.57. The van der Waals surface area contributed by atoms with Crippen molar-refractivity contribution < 1.29 is 9.53 Å². The first-order valence-electron chi connectivity index (χ1n) is 2.88. The van der Waals surface area contributed by atoms with E-state index in [0.29, 0.717) is 11.3 Å². The van der Waals surface area contributed by atoms with Gasteiger partial charge in [-0.3, -0.25) is 4.79 Å². The number of rotatable bonds is 3. The minimum Gasteiger partial charge on any atom is -0.469 e. The van der Waals surface area contributed by atoms with E-state index < -0.39 is 0 Å². The van der Waals surface area contributed by atoms with E-state index in [1.54, 1.807) is 6.92 Å². The first kappa shape index (κ1) is 8.88. The lowest BCUT2D eigenvalue weighted by Crippen LogP contribution is -2.05. The number of carbonyl (C=O) groups excluding carboxylic acids is 1. The smallest absolute Gasteiger partial charge is 0.310 e. The molecule has 0 fully saturated rings. The Morgan fingerprint density at radius 2 is 2.20 bits per heavy atom. The third kappa shape index (κ3) is 3.02. The molecule has 0 unspecified atom stereocenters. The molecule has 0 aliphatic rings. The van der Waals surface area contributed by atoms with Gasteiger partial charge in [-0.1, -0.05) is 6.58 Å². The van der Waals surface area contributed by atoms with Gasteiger partial charge in [-0.15, -0.1) is 0 Å². The van der Waals surface area contributed by atoms with Crippen LogP contribution in [0.3, 0.4) is 0 Å². The van der Waals surface area contributed by atoms with Crippen molar-refractivity contribution in [3.8, 4) is 0 Å². The molecule has 0 spiro atoms. The summed E-state index contributed by atoms with van der Waals surface area (Å²) in [6.45, 7) is 5.11. The molecule has 0 amide bonds. The zero-order chi connectivity index (χ0) is 8.15. The number of ether oxygens (including phenoxy) is 1. The second-order valence-electron chi connectivity index (χ2n) is 1.98. The van der Waals surface area contributed by atoms with E-state index in [2.05, 4.69) is 11.3 Å². The van der Waals surface area contributed by atoms with Crippen molar-refractivity contribution in [2.45, 2.75) is 13.3 Å². The molecular formula is C7H11NO2. The highest BCUT2D eigenvalue weighted by Crippen LogP contribution is 1.99. The molecule has 10 heavy (non-hydrogen) atoms. The van der Waals surface area contributed by atoms with E-state index >= 15 is 0 Å². The van der Waals surface area contributed by atoms with Crippen LogP contribution in [0, 0.1) is 5.41 Å². The third-order valence-electron chi connectivity index (χ3n) is 1.12. The molecule has 3 nitrogen and oxygen atoms in total. The van der Waals surface area contributed by atoms with E-state index in [-0.39, 0.29) is 12.4 Å². The normalized spacial score (nSPS) is 8.60. The van der Waals surface area contributed by atoms with Crippen molar-refractivity contribution in [2.24, 2.45) is 0 Å². The Hall–Kier alpha value is -1.12. The van der Waals surface area contributed by atoms with Gasteiger partial charge in [0.15, 0.2) is 0 Å². The van der Waals surface area contributed by atoms with Crippen LogP contribution in [0.4, 0.5) is 0 Å². The molecule has 0 rings (SSSR count). The Balaban J connectivity index is 3.80. The topological polar surface area (TPSA) is 50.2 Å². The average Bonchev–Trinajstić information content (AvgIpc) is 1.87. The van der Waals surface area contributed by atoms with Gasteiger partial charge >= 0.3 is 5.97 Å². The van der Waals surface area contributed by atoms with Crippen LogP contribution >= 0.6 is 0 Å². The lowest BCUT2D eigenvalue weighted by Gasteiger charge is -1.99. The predicted molar refractivity (Wildman–Crippen MR) is 39.2 cm³/mol.